The van der Waals surface area contributed by atoms with E-state index in [4.69, 9.17) is 0 Å². The highest BCUT2D eigenvalue weighted by molar-refractivity contribution is 6.06. The average molecular weight is 198 g/mol. The first-order chi connectivity index (χ1) is 6.56. The van der Waals surface area contributed by atoms with Gasteiger partial charge >= 0.3 is 6.03 Å². The van der Waals surface area contributed by atoms with Gasteiger partial charge < -0.3 is 4.90 Å². The predicted molar refractivity (Wildman–Crippen MR) is 53.8 cm³/mol. The molecule has 1 saturated heterocycles. The molecule has 0 radical (unpaired) electrons. The van der Waals surface area contributed by atoms with Crippen LogP contribution in [0.1, 0.15) is 40.0 Å². The van der Waals surface area contributed by atoms with Gasteiger partial charge in [0.25, 0.3) is 5.91 Å². The summed E-state index contributed by atoms with van der Waals surface area (Å²) in [7, 11) is 0. The molecule has 14 heavy (non-hydrogen) atoms. The van der Waals surface area contributed by atoms with Crippen molar-refractivity contribution in [2.75, 3.05) is 6.54 Å². The molecule has 0 spiro atoms. The van der Waals surface area contributed by atoms with Gasteiger partial charge in [0.05, 0.1) is 0 Å². The van der Waals surface area contributed by atoms with E-state index in [-0.39, 0.29) is 11.9 Å². The number of imide groups is 1. The zero-order valence-corrected chi connectivity index (χ0v) is 9.09. The second-order valence-corrected chi connectivity index (χ2v) is 3.89. The van der Waals surface area contributed by atoms with E-state index in [9.17, 15) is 9.59 Å². The second kappa shape index (κ2) is 3.98. The molecule has 1 aliphatic rings. The molecule has 1 unspecified atom stereocenters. The first kappa shape index (κ1) is 11.0. The van der Waals surface area contributed by atoms with E-state index in [1.807, 2.05) is 13.8 Å². The number of hydrogen-bond acceptors (Lipinski definition) is 2. The van der Waals surface area contributed by atoms with Crippen molar-refractivity contribution in [3.63, 3.8) is 0 Å². The Bertz CT molecular complexity index is 253. The van der Waals surface area contributed by atoms with Crippen LogP contribution >= 0.6 is 0 Å². The third-order valence-electron chi connectivity index (χ3n) is 2.97. The van der Waals surface area contributed by atoms with Crippen LogP contribution in [0.3, 0.4) is 0 Å². The number of nitrogens with one attached hydrogen (secondary N) is 1. The van der Waals surface area contributed by atoms with Gasteiger partial charge in [-0.3, -0.25) is 10.1 Å². The third-order valence-corrected chi connectivity index (χ3v) is 2.97. The summed E-state index contributed by atoms with van der Waals surface area (Å²) in [6.45, 7) is 6.48. The molecule has 0 aromatic rings. The van der Waals surface area contributed by atoms with E-state index in [1.54, 1.807) is 4.90 Å². The third kappa shape index (κ3) is 1.61. The molecule has 0 aromatic heterocycles. The van der Waals surface area contributed by atoms with Crippen LogP contribution in [-0.4, -0.2) is 28.9 Å². The zero-order valence-electron chi connectivity index (χ0n) is 9.09. The molecule has 0 aromatic carbocycles. The van der Waals surface area contributed by atoms with Gasteiger partial charge in [-0.2, -0.15) is 0 Å². The number of unbranched alkanes of at least 4 members (excludes halogenated alkanes) is 1. The Hall–Kier alpha value is -1.06. The topological polar surface area (TPSA) is 49.4 Å². The Morgan fingerprint density at radius 1 is 1.36 bits per heavy atom. The molecule has 1 aliphatic heterocycles. The van der Waals surface area contributed by atoms with E-state index < -0.39 is 5.54 Å². The Labute approximate surface area is 84.7 Å². The molecule has 4 nitrogen and oxygen atoms in total. The predicted octanol–water partition coefficient (Wildman–Crippen LogP) is 1.51. The number of carbonyl (C=O) groups excluding carboxylic acids is 2. The molecule has 1 heterocycles. The molecule has 0 bridgehead atoms. The number of rotatable bonds is 4. The number of hydrogen-bond donors (Lipinski definition) is 1. The van der Waals surface area contributed by atoms with Gasteiger partial charge in [-0.05, 0) is 19.8 Å². The fourth-order valence-electron chi connectivity index (χ4n) is 1.66. The number of nitrogens with zero attached hydrogens (tertiary/aromatic N) is 1. The summed E-state index contributed by atoms with van der Waals surface area (Å²) in [4.78, 5) is 24.6. The highest BCUT2D eigenvalue weighted by atomic mass is 16.2. The summed E-state index contributed by atoms with van der Waals surface area (Å²) >= 11 is 0. The maximum atomic E-state index is 11.5. The summed E-state index contributed by atoms with van der Waals surface area (Å²) in [6.07, 6.45) is 2.63. The van der Waals surface area contributed by atoms with Crippen molar-refractivity contribution in [2.45, 2.75) is 45.6 Å². The standard InChI is InChI=1S/C10H18N2O2/c1-4-6-7-12-9(14)11-8(13)10(12,3)5-2/h4-7H2,1-3H3,(H,11,13,14). The lowest BCUT2D eigenvalue weighted by atomic mass is 9.97. The largest absolute Gasteiger partial charge is 0.325 e. The van der Waals surface area contributed by atoms with Crippen LogP contribution in [0.25, 0.3) is 0 Å². The molecule has 0 saturated carbocycles. The van der Waals surface area contributed by atoms with Crippen molar-refractivity contribution >= 4 is 11.9 Å². The molecule has 1 N–H and O–H groups in total. The summed E-state index contributed by atoms with van der Waals surface area (Å²) in [6, 6.07) is -0.243. The lowest BCUT2D eigenvalue weighted by Gasteiger charge is -2.30. The fraction of sp³-hybridized carbons (Fsp3) is 0.800. The number of amides is 3. The van der Waals surface area contributed by atoms with Crippen molar-refractivity contribution < 1.29 is 9.59 Å². The monoisotopic (exact) mass is 198 g/mol. The number of urea groups is 1. The van der Waals surface area contributed by atoms with Crippen LogP contribution < -0.4 is 5.32 Å². The van der Waals surface area contributed by atoms with Gasteiger partial charge in [0.1, 0.15) is 5.54 Å². The van der Waals surface area contributed by atoms with Crippen molar-refractivity contribution in [3.05, 3.63) is 0 Å². The molecular formula is C10H18N2O2. The molecular weight excluding hydrogens is 180 g/mol. The minimum atomic E-state index is -0.633. The van der Waals surface area contributed by atoms with Gasteiger partial charge in [-0.1, -0.05) is 20.3 Å². The van der Waals surface area contributed by atoms with Crippen LogP contribution in [0.2, 0.25) is 0 Å². The summed E-state index contributed by atoms with van der Waals surface area (Å²) in [5, 5.41) is 2.37. The Balaban J connectivity index is 2.78. The highest BCUT2D eigenvalue weighted by Gasteiger charge is 2.47. The summed E-state index contributed by atoms with van der Waals surface area (Å²) in [5.41, 5.74) is -0.633. The lowest BCUT2D eigenvalue weighted by molar-refractivity contribution is -0.126. The van der Waals surface area contributed by atoms with E-state index in [0.29, 0.717) is 13.0 Å². The Morgan fingerprint density at radius 3 is 2.50 bits per heavy atom. The first-order valence-electron chi connectivity index (χ1n) is 5.19. The Morgan fingerprint density at radius 2 is 2.00 bits per heavy atom. The van der Waals surface area contributed by atoms with E-state index >= 15 is 0 Å². The van der Waals surface area contributed by atoms with Gasteiger partial charge in [-0.15, -0.1) is 0 Å². The molecule has 80 valence electrons. The molecule has 1 rings (SSSR count). The minimum Gasteiger partial charge on any atom is -0.310 e. The summed E-state index contributed by atoms with van der Waals surface area (Å²) < 4.78 is 0. The van der Waals surface area contributed by atoms with Crippen molar-refractivity contribution in [1.82, 2.24) is 10.2 Å². The van der Waals surface area contributed by atoms with Gasteiger partial charge in [0.2, 0.25) is 0 Å². The molecule has 1 fully saturated rings. The summed E-state index contributed by atoms with van der Waals surface area (Å²) in [5.74, 6) is -0.166. The van der Waals surface area contributed by atoms with Crippen LogP contribution in [-0.2, 0) is 4.79 Å². The van der Waals surface area contributed by atoms with Crippen LogP contribution in [0, 0.1) is 0 Å². The molecule has 3 amide bonds. The van der Waals surface area contributed by atoms with Gasteiger partial charge in [0, 0.05) is 6.54 Å². The smallest absolute Gasteiger partial charge is 0.310 e. The van der Waals surface area contributed by atoms with Crippen LogP contribution in [0.5, 0.6) is 0 Å². The molecule has 1 atom stereocenters. The van der Waals surface area contributed by atoms with Crippen molar-refractivity contribution in [2.24, 2.45) is 0 Å². The van der Waals surface area contributed by atoms with Crippen LogP contribution in [0.15, 0.2) is 0 Å². The molecule has 0 aliphatic carbocycles. The number of carbonyl (C=O) groups is 2. The van der Waals surface area contributed by atoms with E-state index in [1.165, 1.54) is 0 Å². The second-order valence-electron chi connectivity index (χ2n) is 3.89. The average Bonchev–Trinajstić information content (AvgIpc) is 2.37. The molecule has 4 heteroatoms. The van der Waals surface area contributed by atoms with Crippen molar-refractivity contribution in [3.8, 4) is 0 Å². The first-order valence-corrected chi connectivity index (χ1v) is 5.19. The SMILES string of the molecule is CCCCN1C(=O)NC(=O)C1(C)CC. The minimum absolute atomic E-state index is 0.166. The Kier molecular flexibility index (Phi) is 3.13. The van der Waals surface area contributed by atoms with Gasteiger partial charge in [0.15, 0.2) is 0 Å². The zero-order chi connectivity index (χ0) is 10.8. The van der Waals surface area contributed by atoms with Crippen molar-refractivity contribution in [1.29, 1.82) is 0 Å². The van der Waals surface area contributed by atoms with E-state index in [2.05, 4.69) is 12.2 Å². The van der Waals surface area contributed by atoms with Crippen LogP contribution in [0.4, 0.5) is 4.79 Å². The van der Waals surface area contributed by atoms with E-state index in [0.717, 1.165) is 12.8 Å². The fourth-order valence-corrected chi connectivity index (χ4v) is 1.66. The highest BCUT2D eigenvalue weighted by Crippen LogP contribution is 2.25. The normalized spacial score (nSPS) is 26.9. The lowest BCUT2D eigenvalue weighted by Crippen LogP contribution is -2.46. The maximum Gasteiger partial charge on any atom is 0.325 e. The quantitative estimate of drug-likeness (QED) is 0.696. The van der Waals surface area contributed by atoms with Gasteiger partial charge in [-0.25, -0.2) is 4.79 Å². The maximum absolute atomic E-state index is 11.5.